The third-order valence-electron chi connectivity index (χ3n) is 3.82. The summed E-state index contributed by atoms with van der Waals surface area (Å²) in [6.07, 6.45) is -0.710. The van der Waals surface area contributed by atoms with Gasteiger partial charge in [0.05, 0.1) is 17.5 Å². The number of para-hydroxylation sites is 1. The lowest BCUT2D eigenvalue weighted by atomic mass is 10.2. The molecule has 3 aromatic rings. The summed E-state index contributed by atoms with van der Waals surface area (Å²) in [5.74, 6) is 0.980. The van der Waals surface area contributed by atoms with Gasteiger partial charge in [-0.1, -0.05) is 12.1 Å². The van der Waals surface area contributed by atoms with E-state index in [0.29, 0.717) is 23.3 Å². The van der Waals surface area contributed by atoms with Gasteiger partial charge in [-0.2, -0.15) is 0 Å². The topological polar surface area (TPSA) is 90.5 Å². The van der Waals surface area contributed by atoms with E-state index in [1.807, 2.05) is 6.92 Å². The lowest BCUT2D eigenvalue weighted by Gasteiger charge is -2.13. The molecule has 0 aliphatic carbocycles. The fourth-order valence-corrected chi connectivity index (χ4v) is 2.53. The highest BCUT2D eigenvalue weighted by atomic mass is 16.6. The molecule has 0 saturated heterocycles. The molecular formula is C20H20N2O5. The average molecular weight is 368 g/mol. The number of esters is 1. The molecule has 0 unspecified atom stereocenters. The molecule has 1 heterocycles. The molecule has 7 heteroatoms. The number of H-pyrrole nitrogens is 1. The predicted molar refractivity (Wildman–Crippen MR) is 100.0 cm³/mol. The molecule has 0 amide bonds. The summed E-state index contributed by atoms with van der Waals surface area (Å²) in [5.41, 5.74) is 0.272. The minimum absolute atomic E-state index is 0.254. The summed E-state index contributed by atoms with van der Waals surface area (Å²) in [4.78, 5) is 31.1. The van der Waals surface area contributed by atoms with Crippen LogP contribution in [0.15, 0.2) is 53.3 Å². The number of fused-ring (bicyclic) bond motifs is 1. The van der Waals surface area contributed by atoms with Crippen molar-refractivity contribution in [2.24, 2.45) is 0 Å². The third kappa shape index (κ3) is 4.63. The third-order valence-corrected chi connectivity index (χ3v) is 3.82. The number of carbonyl (C=O) groups is 1. The van der Waals surface area contributed by atoms with E-state index >= 15 is 0 Å². The zero-order chi connectivity index (χ0) is 19.2. The molecule has 0 radical (unpaired) electrons. The number of hydrogen-bond acceptors (Lipinski definition) is 6. The monoisotopic (exact) mass is 368 g/mol. The molecule has 0 fully saturated rings. The minimum atomic E-state index is -0.710. The highest BCUT2D eigenvalue weighted by Crippen LogP contribution is 2.18. The lowest BCUT2D eigenvalue weighted by Crippen LogP contribution is -2.20. The minimum Gasteiger partial charge on any atom is -0.494 e. The predicted octanol–water partition coefficient (Wildman–Crippen LogP) is 3.01. The Morgan fingerprint density at radius 2 is 1.74 bits per heavy atom. The Kier molecular flexibility index (Phi) is 5.71. The van der Waals surface area contributed by atoms with Crippen molar-refractivity contribution in [2.45, 2.75) is 20.0 Å². The standard InChI is InChI=1S/C20H20N2O5/c1-3-25-14-8-10-15(11-9-14)26-12-18(23)27-13(2)19-21-17-7-5-4-6-16(17)20(24)22-19/h4-11,13H,3,12H2,1-2H3,(H,21,22,24)/t13-/m1/s1. The number of aromatic nitrogens is 2. The second kappa shape index (κ2) is 8.35. The number of rotatable bonds is 7. The first-order chi connectivity index (χ1) is 13.1. The van der Waals surface area contributed by atoms with Crippen LogP contribution in [0.4, 0.5) is 0 Å². The molecule has 0 aliphatic rings. The molecule has 1 atom stereocenters. The van der Waals surface area contributed by atoms with Crippen LogP contribution in [-0.2, 0) is 9.53 Å². The van der Waals surface area contributed by atoms with Gasteiger partial charge in [-0.25, -0.2) is 9.78 Å². The van der Waals surface area contributed by atoms with E-state index in [4.69, 9.17) is 14.2 Å². The van der Waals surface area contributed by atoms with Crippen LogP contribution in [0.2, 0.25) is 0 Å². The molecule has 0 saturated carbocycles. The summed E-state index contributed by atoms with van der Waals surface area (Å²) >= 11 is 0. The van der Waals surface area contributed by atoms with E-state index in [0.717, 1.165) is 5.75 Å². The number of aromatic amines is 1. The van der Waals surface area contributed by atoms with Crippen LogP contribution < -0.4 is 15.0 Å². The van der Waals surface area contributed by atoms with Gasteiger partial charge in [0.1, 0.15) is 11.5 Å². The van der Waals surface area contributed by atoms with Crippen LogP contribution in [0.3, 0.4) is 0 Å². The molecule has 2 aromatic carbocycles. The van der Waals surface area contributed by atoms with Gasteiger partial charge in [-0.05, 0) is 50.2 Å². The van der Waals surface area contributed by atoms with Gasteiger partial charge in [0.25, 0.3) is 5.56 Å². The smallest absolute Gasteiger partial charge is 0.344 e. The van der Waals surface area contributed by atoms with Gasteiger partial charge in [0.2, 0.25) is 0 Å². The van der Waals surface area contributed by atoms with Crippen molar-refractivity contribution in [1.29, 1.82) is 0 Å². The average Bonchev–Trinajstić information content (AvgIpc) is 2.67. The van der Waals surface area contributed by atoms with E-state index in [-0.39, 0.29) is 18.0 Å². The van der Waals surface area contributed by atoms with Crippen LogP contribution >= 0.6 is 0 Å². The first-order valence-corrected chi connectivity index (χ1v) is 8.61. The van der Waals surface area contributed by atoms with E-state index < -0.39 is 12.1 Å². The lowest BCUT2D eigenvalue weighted by molar-refractivity contribution is -0.151. The van der Waals surface area contributed by atoms with Gasteiger partial charge < -0.3 is 19.2 Å². The van der Waals surface area contributed by atoms with E-state index in [2.05, 4.69) is 9.97 Å². The number of benzene rings is 2. The fourth-order valence-electron chi connectivity index (χ4n) is 2.53. The SMILES string of the molecule is CCOc1ccc(OCC(=O)O[C@H](C)c2nc3ccccc3c(=O)[nH]2)cc1. The summed E-state index contributed by atoms with van der Waals surface area (Å²) < 4.78 is 16.1. The van der Waals surface area contributed by atoms with Gasteiger partial charge in [-0.15, -0.1) is 0 Å². The number of nitrogens with one attached hydrogen (secondary N) is 1. The summed E-state index contributed by atoms with van der Waals surface area (Å²) in [7, 11) is 0. The Hall–Kier alpha value is -3.35. The maximum absolute atomic E-state index is 12.1. The van der Waals surface area contributed by atoms with Gasteiger partial charge in [0, 0.05) is 0 Å². The van der Waals surface area contributed by atoms with Crippen molar-refractivity contribution >= 4 is 16.9 Å². The van der Waals surface area contributed by atoms with E-state index in [1.54, 1.807) is 55.5 Å². The number of ether oxygens (including phenoxy) is 3. The molecular weight excluding hydrogens is 348 g/mol. The maximum atomic E-state index is 12.1. The Morgan fingerprint density at radius 3 is 2.44 bits per heavy atom. The van der Waals surface area contributed by atoms with Crippen molar-refractivity contribution in [3.8, 4) is 11.5 Å². The zero-order valence-electron chi connectivity index (χ0n) is 15.1. The molecule has 3 rings (SSSR count). The Labute approximate surface area is 155 Å². The van der Waals surface area contributed by atoms with Gasteiger partial charge in [-0.3, -0.25) is 4.79 Å². The second-order valence-corrected chi connectivity index (χ2v) is 5.79. The number of carbonyl (C=O) groups excluding carboxylic acids is 1. The van der Waals surface area contributed by atoms with Crippen LogP contribution in [0.5, 0.6) is 11.5 Å². The first kappa shape index (κ1) is 18.4. The van der Waals surface area contributed by atoms with Crippen LogP contribution in [0.1, 0.15) is 25.8 Å². The largest absolute Gasteiger partial charge is 0.494 e. The van der Waals surface area contributed by atoms with Crippen molar-refractivity contribution < 1.29 is 19.0 Å². The fraction of sp³-hybridized carbons (Fsp3) is 0.250. The summed E-state index contributed by atoms with van der Waals surface area (Å²) in [5, 5.41) is 0.485. The van der Waals surface area contributed by atoms with Crippen molar-refractivity contribution in [2.75, 3.05) is 13.2 Å². The van der Waals surface area contributed by atoms with Crippen molar-refractivity contribution in [3.63, 3.8) is 0 Å². The Morgan fingerprint density at radius 1 is 1.07 bits per heavy atom. The number of nitrogens with zero attached hydrogens (tertiary/aromatic N) is 1. The molecule has 1 aromatic heterocycles. The molecule has 27 heavy (non-hydrogen) atoms. The van der Waals surface area contributed by atoms with E-state index in [9.17, 15) is 9.59 Å². The molecule has 0 aliphatic heterocycles. The zero-order valence-corrected chi connectivity index (χ0v) is 15.1. The molecule has 0 spiro atoms. The van der Waals surface area contributed by atoms with Gasteiger partial charge >= 0.3 is 5.97 Å². The second-order valence-electron chi connectivity index (χ2n) is 5.79. The molecule has 7 nitrogen and oxygen atoms in total. The maximum Gasteiger partial charge on any atom is 0.344 e. The Balaban J connectivity index is 1.59. The van der Waals surface area contributed by atoms with E-state index in [1.165, 1.54) is 0 Å². The molecule has 1 N–H and O–H groups in total. The van der Waals surface area contributed by atoms with Crippen LogP contribution in [0.25, 0.3) is 10.9 Å². The highest BCUT2D eigenvalue weighted by Gasteiger charge is 2.16. The van der Waals surface area contributed by atoms with Crippen molar-refractivity contribution in [3.05, 3.63) is 64.7 Å². The van der Waals surface area contributed by atoms with Gasteiger partial charge in [0.15, 0.2) is 18.5 Å². The van der Waals surface area contributed by atoms with Crippen LogP contribution in [-0.4, -0.2) is 29.2 Å². The summed E-state index contributed by atoms with van der Waals surface area (Å²) in [6, 6.07) is 13.9. The first-order valence-electron chi connectivity index (χ1n) is 8.61. The van der Waals surface area contributed by atoms with Crippen LogP contribution in [0, 0.1) is 0 Å². The Bertz CT molecular complexity index is 982. The molecule has 0 bridgehead atoms. The quantitative estimate of drug-likeness (QED) is 0.645. The number of hydrogen-bond donors (Lipinski definition) is 1. The highest BCUT2D eigenvalue weighted by molar-refractivity contribution is 5.77. The van der Waals surface area contributed by atoms with Crippen molar-refractivity contribution in [1.82, 2.24) is 9.97 Å². The summed E-state index contributed by atoms with van der Waals surface area (Å²) in [6.45, 7) is 3.87. The normalized spacial score (nSPS) is 11.8. The molecule has 140 valence electrons.